The molecule has 1 atom stereocenters. The van der Waals surface area contributed by atoms with E-state index in [1.54, 1.807) is 12.1 Å². The number of aliphatic hydroxyl groups is 1. The van der Waals surface area contributed by atoms with Crippen LogP contribution >= 0.6 is 39.1 Å². The van der Waals surface area contributed by atoms with E-state index in [1.165, 1.54) is 0 Å². The van der Waals surface area contributed by atoms with E-state index in [2.05, 4.69) is 15.9 Å². The first-order chi connectivity index (χ1) is 5.61. The SMILES string of the molecule is OC(c1ccc(Br)cc1)C(Cl)Cl. The van der Waals surface area contributed by atoms with Crippen LogP contribution in [0.15, 0.2) is 28.7 Å². The minimum absolute atomic E-state index is 0.716. The second-order valence-corrected chi connectivity index (χ2v) is 4.41. The number of benzene rings is 1. The van der Waals surface area contributed by atoms with E-state index in [4.69, 9.17) is 23.2 Å². The second kappa shape index (κ2) is 4.47. The summed E-state index contributed by atoms with van der Waals surface area (Å²) in [4.78, 5) is -0.786. The van der Waals surface area contributed by atoms with E-state index in [0.29, 0.717) is 5.56 Å². The van der Waals surface area contributed by atoms with Crippen LogP contribution < -0.4 is 0 Å². The molecular weight excluding hydrogens is 263 g/mol. The highest BCUT2D eigenvalue weighted by Gasteiger charge is 2.14. The maximum absolute atomic E-state index is 9.41. The molecule has 0 heterocycles. The van der Waals surface area contributed by atoms with Crippen molar-refractivity contribution in [1.29, 1.82) is 0 Å². The molecule has 0 radical (unpaired) electrons. The third-order valence-corrected chi connectivity index (χ3v) is 2.46. The van der Waals surface area contributed by atoms with Crippen molar-refractivity contribution < 1.29 is 5.11 Å². The summed E-state index contributed by atoms with van der Waals surface area (Å²) in [7, 11) is 0. The fourth-order valence-corrected chi connectivity index (χ4v) is 1.36. The van der Waals surface area contributed by atoms with Gasteiger partial charge in [-0.1, -0.05) is 28.1 Å². The van der Waals surface area contributed by atoms with Crippen LogP contribution in [-0.2, 0) is 0 Å². The molecule has 1 aromatic rings. The number of hydrogen-bond acceptors (Lipinski definition) is 1. The molecule has 0 saturated carbocycles. The Balaban J connectivity index is 2.82. The zero-order chi connectivity index (χ0) is 9.14. The molecule has 1 N–H and O–H groups in total. The number of rotatable bonds is 2. The molecule has 0 fully saturated rings. The van der Waals surface area contributed by atoms with Crippen molar-refractivity contribution in [3.63, 3.8) is 0 Å². The van der Waals surface area contributed by atoms with Crippen molar-refractivity contribution in [1.82, 2.24) is 0 Å². The highest BCUT2D eigenvalue weighted by atomic mass is 79.9. The van der Waals surface area contributed by atoms with Crippen molar-refractivity contribution in [3.05, 3.63) is 34.3 Å². The lowest BCUT2D eigenvalue weighted by molar-refractivity contribution is 0.193. The van der Waals surface area contributed by atoms with E-state index in [9.17, 15) is 5.11 Å². The van der Waals surface area contributed by atoms with Crippen LogP contribution in [0.4, 0.5) is 0 Å². The maximum atomic E-state index is 9.41. The third-order valence-electron chi connectivity index (χ3n) is 1.45. The molecule has 1 rings (SSSR count). The first-order valence-corrected chi connectivity index (χ1v) is 4.99. The summed E-state index contributed by atoms with van der Waals surface area (Å²) in [5.41, 5.74) is 0.716. The fourth-order valence-electron chi connectivity index (χ4n) is 0.805. The van der Waals surface area contributed by atoms with E-state index in [0.717, 1.165) is 4.47 Å². The molecule has 0 aliphatic heterocycles. The summed E-state index contributed by atoms with van der Waals surface area (Å²) >= 11 is 14.3. The molecule has 0 bridgehead atoms. The number of halogens is 3. The summed E-state index contributed by atoms with van der Waals surface area (Å²) in [6.45, 7) is 0. The van der Waals surface area contributed by atoms with Gasteiger partial charge in [-0.2, -0.15) is 0 Å². The first kappa shape index (κ1) is 10.3. The Bertz CT molecular complexity index is 248. The van der Waals surface area contributed by atoms with Gasteiger partial charge in [-0.3, -0.25) is 0 Å². The molecule has 1 nitrogen and oxygen atoms in total. The van der Waals surface area contributed by atoms with Gasteiger partial charge in [0.05, 0.1) is 0 Å². The Morgan fingerprint density at radius 3 is 2.08 bits per heavy atom. The van der Waals surface area contributed by atoms with E-state index >= 15 is 0 Å². The van der Waals surface area contributed by atoms with Gasteiger partial charge in [0.2, 0.25) is 0 Å². The Labute approximate surface area is 89.4 Å². The van der Waals surface area contributed by atoms with Gasteiger partial charge in [-0.15, -0.1) is 23.2 Å². The first-order valence-electron chi connectivity index (χ1n) is 3.33. The monoisotopic (exact) mass is 268 g/mol. The average Bonchev–Trinajstić information content (AvgIpc) is 2.04. The van der Waals surface area contributed by atoms with Crippen LogP contribution in [0.5, 0.6) is 0 Å². The van der Waals surface area contributed by atoms with Gasteiger partial charge in [0, 0.05) is 4.47 Å². The van der Waals surface area contributed by atoms with Crippen molar-refractivity contribution in [2.45, 2.75) is 10.9 Å². The summed E-state index contributed by atoms with van der Waals surface area (Å²) in [6, 6.07) is 7.20. The average molecular weight is 270 g/mol. The van der Waals surface area contributed by atoms with Gasteiger partial charge in [-0.25, -0.2) is 0 Å². The molecule has 0 aromatic heterocycles. The standard InChI is InChI=1S/C8H7BrCl2O/c9-6-3-1-5(2-4-6)7(12)8(10)11/h1-4,7-8,12H. The smallest absolute Gasteiger partial charge is 0.137 e. The van der Waals surface area contributed by atoms with Crippen LogP contribution in [-0.4, -0.2) is 9.94 Å². The maximum Gasteiger partial charge on any atom is 0.137 e. The molecule has 12 heavy (non-hydrogen) atoms. The van der Waals surface area contributed by atoms with E-state index in [-0.39, 0.29) is 0 Å². The molecule has 1 aromatic carbocycles. The third kappa shape index (κ3) is 2.63. The van der Waals surface area contributed by atoms with Gasteiger partial charge >= 0.3 is 0 Å². The minimum atomic E-state index is -0.818. The Hall–Kier alpha value is 0.240. The van der Waals surface area contributed by atoms with Crippen LogP contribution in [0.1, 0.15) is 11.7 Å². The Morgan fingerprint density at radius 1 is 1.17 bits per heavy atom. The molecule has 4 heteroatoms. The van der Waals surface area contributed by atoms with E-state index in [1.807, 2.05) is 12.1 Å². The van der Waals surface area contributed by atoms with Crippen molar-refractivity contribution in [3.8, 4) is 0 Å². The van der Waals surface area contributed by atoms with Gasteiger partial charge < -0.3 is 5.11 Å². The van der Waals surface area contributed by atoms with Gasteiger partial charge in [0.15, 0.2) is 0 Å². The molecule has 1 unspecified atom stereocenters. The van der Waals surface area contributed by atoms with Crippen LogP contribution in [0.25, 0.3) is 0 Å². The zero-order valence-electron chi connectivity index (χ0n) is 6.05. The van der Waals surface area contributed by atoms with Crippen LogP contribution in [0.2, 0.25) is 0 Å². The highest BCUT2D eigenvalue weighted by molar-refractivity contribution is 9.10. The fraction of sp³-hybridized carbons (Fsp3) is 0.250. The van der Waals surface area contributed by atoms with Crippen molar-refractivity contribution >= 4 is 39.1 Å². The Morgan fingerprint density at radius 2 is 1.67 bits per heavy atom. The van der Waals surface area contributed by atoms with Crippen molar-refractivity contribution in [2.24, 2.45) is 0 Å². The summed E-state index contributed by atoms with van der Waals surface area (Å²) in [6.07, 6.45) is -0.818. The van der Waals surface area contributed by atoms with Gasteiger partial charge in [-0.05, 0) is 17.7 Å². The van der Waals surface area contributed by atoms with Crippen LogP contribution in [0, 0.1) is 0 Å². The topological polar surface area (TPSA) is 20.2 Å². The number of hydrogen-bond donors (Lipinski definition) is 1. The summed E-state index contributed by atoms with van der Waals surface area (Å²) < 4.78 is 0.958. The normalized spacial score (nSPS) is 13.4. The molecule has 0 aliphatic carbocycles. The predicted molar refractivity (Wildman–Crippen MR) is 54.6 cm³/mol. The largest absolute Gasteiger partial charge is 0.386 e. The molecule has 66 valence electrons. The molecular formula is C8H7BrCl2O. The van der Waals surface area contributed by atoms with Gasteiger partial charge in [0.1, 0.15) is 10.9 Å². The zero-order valence-corrected chi connectivity index (χ0v) is 9.14. The highest BCUT2D eigenvalue weighted by Crippen LogP contribution is 2.24. The lowest BCUT2D eigenvalue weighted by atomic mass is 10.1. The number of alkyl halides is 2. The Kier molecular flexibility index (Phi) is 3.84. The minimum Gasteiger partial charge on any atom is -0.386 e. The van der Waals surface area contributed by atoms with E-state index < -0.39 is 10.9 Å². The lowest BCUT2D eigenvalue weighted by Crippen LogP contribution is -2.05. The molecule has 0 spiro atoms. The quantitative estimate of drug-likeness (QED) is 0.817. The molecule has 0 amide bonds. The second-order valence-electron chi connectivity index (χ2n) is 2.33. The van der Waals surface area contributed by atoms with Gasteiger partial charge in [0.25, 0.3) is 0 Å². The predicted octanol–water partition coefficient (Wildman–Crippen LogP) is 3.29. The summed E-state index contributed by atoms with van der Waals surface area (Å²) in [5, 5.41) is 9.41. The lowest BCUT2D eigenvalue weighted by Gasteiger charge is -2.10. The summed E-state index contributed by atoms with van der Waals surface area (Å²) in [5.74, 6) is 0. The van der Waals surface area contributed by atoms with Crippen LogP contribution in [0.3, 0.4) is 0 Å². The molecule has 0 saturated heterocycles. The van der Waals surface area contributed by atoms with Crippen molar-refractivity contribution in [2.75, 3.05) is 0 Å². The number of aliphatic hydroxyl groups excluding tert-OH is 1. The molecule has 0 aliphatic rings.